The number of hydrogen-bond donors (Lipinski definition) is 3. The van der Waals surface area contributed by atoms with Crippen LogP contribution in [0.5, 0.6) is 0 Å². The number of nitrogens with two attached hydrogens (primary N) is 2. The van der Waals surface area contributed by atoms with Crippen LogP contribution in [-0.4, -0.2) is 23.9 Å². The van der Waals surface area contributed by atoms with Crippen molar-refractivity contribution in [1.82, 2.24) is 9.59 Å². The van der Waals surface area contributed by atoms with Gasteiger partial charge in [0.25, 0.3) is 10.0 Å². The fraction of sp³-hybridized carbons (Fsp3) is 0. The number of nitrogens with one attached hydrogen (secondary N) is 1. The lowest BCUT2D eigenvalue weighted by molar-refractivity contribution is 0.1000. The van der Waals surface area contributed by atoms with E-state index in [0.29, 0.717) is 0 Å². The van der Waals surface area contributed by atoms with Crippen LogP contribution in [0.25, 0.3) is 0 Å². The summed E-state index contributed by atoms with van der Waals surface area (Å²) in [7, 11) is -3.85. The Kier molecular flexibility index (Phi) is 3.36. The summed E-state index contributed by atoms with van der Waals surface area (Å²) in [4.78, 5) is 10.8. The molecule has 1 aromatic carbocycles. The number of sulfonamides is 1. The van der Waals surface area contributed by atoms with Crippen molar-refractivity contribution < 1.29 is 13.2 Å². The van der Waals surface area contributed by atoms with Crippen molar-refractivity contribution in [2.75, 3.05) is 10.5 Å². The van der Waals surface area contributed by atoms with Crippen LogP contribution >= 0.6 is 11.5 Å². The third kappa shape index (κ3) is 2.80. The van der Waals surface area contributed by atoms with Gasteiger partial charge in [-0.15, -0.1) is 5.10 Å². The second-order valence-electron chi connectivity index (χ2n) is 3.50. The van der Waals surface area contributed by atoms with Crippen LogP contribution in [0.1, 0.15) is 10.4 Å². The lowest BCUT2D eigenvalue weighted by Gasteiger charge is -2.08. The first-order chi connectivity index (χ1) is 8.90. The summed E-state index contributed by atoms with van der Waals surface area (Å²) in [5, 5.41) is 3.77. The minimum absolute atomic E-state index is 0.0683. The number of primary amides is 1. The van der Waals surface area contributed by atoms with E-state index in [0.717, 1.165) is 11.5 Å². The normalized spacial score (nSPS) is 11.2. The van der Waals surface area contributed by atoms with E-state index < -0.39 is 15.9 Å². The van der Waals surface area contributed by atoms with Crippen molar-refractivity contribution >= 4 is 38.2 Å². The van der Waals surface area contributed by atoms with E-state index in [4.69, 9.17) is 11.5 Å². The number of amides is 1. The molecule has 0 unspecified atom stereocenters. The number of benzene rings is 1. The van der Waals surface area contributed by atoms with Gasteiger partial charge in [-0.3, -0.25) is 9.52 Å². The number of anilines is 2. The van der Waals surface area contributed by atoms with E-state index in [1.165, 1.54) is 24.4 Å². The summed E-state index contributed by atoms with van der Waals surface area (Å²) in [6, 6.07) is 3.71. The zero-order valence-electron chi connectivity index (χ0n) is 9.40. The van der Waals surface area contributed by atoms with Gasteiger partial charge in [0.15, 0.2) is 0 Å². The molecular weight excluding hydrogens is 290 g/mol. The van der Waals surface area contributed by atoms with Crippen LogP contribution in [-0.2, 0) is 10.0 Å². The van der Waals surface area contributed by atoms with Gasteiger partial charge in [0.1, 0.15) is 9.90 Å². The molecule has 0 aliphatic heterocycles. The van der Waals surface area contributed by atoms with E-state index in [1.54, 1.807) is 0 Å². The smallest absolute Gasteiger partial charge is 0.264 e. The zero-order valence-corrected chi connectivity index (χ0v) is 11.0. The molecule has 0 radical (unpaired) electrons. The van der Waals surface area contributed by atoms with E-state index >= 15 is 0 Å². The minimum Gasteiger partial charge on any atom is -0.398 e. The third-order valence-corrected chi connectivity index (χ3v) is 4.33. The van der Waals surface area contributed by atoms with Gasteiger partial charge in [0.05, 0.1) is 11.9 Å². The molecule has 10 heteroatoms. The molecule has 2 aromatic rings. The molecule has 0 fully saturated rings. The Hall–Kier alpha value is -2.20. The molecule has 5 N–H and O–H groups in total. The summed E-state index contributed by atoms with van der Waals surface area (Å²) in [5.41, 5.74) is 10.8. The van der Waals surface area contributed by atoms with Crippen LogP contribution in [0.2, 0.25) is 0 Å². The molecule has 1 amide bonds. The number of carbonyl (C=O) groups is 1. The predicted molar refractivity (Wildman–Crippen MR) is 70.1 cm³/mol. The number of aromatic nitrogens is 2. The maximum absolute atomic E-state index is 12.0. The third-order valence-electron chi connectivity index (χ3n) is 2.18. The average Bonchev–Trinajstić information content (AvgIpc) is 2.80. The standard InChI is InChI=1S/C9H9N5O3S2/c10-6-3-5(9(11)15)1-2-7(6)19(16,17)13-8-4-12-14-18-8/h1-4,13H,10H2,(H2,11,15). The highest BCUT2D eigenvalue weighted by Crippen LogP contribution is 2.23. The Labute approximate surface area is 112 Å². The fourth-order valence-corrected chi connectivity index (χ4v) is 3.14. The van der Waals surface area contributed by atoms with Crippen molar-refractivity contribution in [3.05, 3.63) is 30.0 Å². The lowest BCUT2D eigenvalue weighted by atomic mass is 10.2. The highest BCUT2D eigenvalue weighted by molar-refractivity contribution is 7.93. The first kappa shape index (κ1) is 13.2. The van der Waals surface area contributed by atoms with Crippen LogP contribution in [0.4, 0.5) is 10.7 Å². The Morgan fingerprint density at radius 1 is 1.37 bits per heavy atom. The van der Waals surface area contributed by atoms with Crippen LogP contribution < -0.4 is 16.2 Å². The lowest BCUT2D eigenvalue weighted by Crippen LogP contribution is -2.16. The first-order valence-corrected chi connectivity index (χ1v) is 7.15. The SMILES string of the molecule is NC(=O)c1ccc(S(=O)(=O)Nc2cnns2)c(N)c1. The maximum Gasteiger partial charge on any atom is 0.264 e. The van der Waals surface area contributed by atoms with E-state index in [-0.39, 0.29) is 21.1 Å². The van der Waals surface area contributed by atoms with Crippen molar-refractivity contribution in [2.45, 2.75) is 4.90 Å². The highest BCUT2D eigenvalue weighted by Gasteiger charge is 2.19. The van der Waals surface area contributed by atoms with Gasteiger partial charge in [0.2, 0.25) is 5.91 Å². The van der Waals surface area contributed by atoms with Gasteiger partial charge in [-0.25, -0.2) is 8.42 Å². The van der Waals surface area contributed by atoms with Crippen molar-refractivity contribution in [3.63, 3.8) is 0 Å². The number of rotatable bonds is 4. The molecule has 1 aromatic heterocycles. The van der Waals surface area contributed by atoms with E-state index in [2.05, 4.69) is 14.3 Å². The van der Waals surface area contributed by atoms with E-state index in [1.807, 2.05) is 0 Å². The molecule has 1 heterocycles. The fourth-order valence-electron chi connectivity index (χ4n) is 1.35. The first-order valence-electron chi connectivity index (χ1n) is 4.89. The van der Waals surface area contributed by atoms with Gasteiger partial charge in [-0.1, -0.05) is 4.49 Å². The highest BCUT2D eigenvalue weighted by atomic mass is 32.2. The molecular formula is C9H9N5O3S2. The second kappa shape index (κ2) is 4.82. The average molecular weight is 299 g/mol. The Bertz CT molecular complexity index is 711. The van der Waals surface area contributed by atoms with Gasteiger partial charge in [-0.2, -0.15) is 0 Å². The van der Waals surface area contributed by atoms with Gasteiger partial charge in [-0.05, 0) is 18.2 Å². The van der Waals surface area contributed by atoms with Gasteiger partial charge in [0, 0.05) is 17.1 Å². The Morgan fingerprint density at radius 3 is 2.63 bits per heavy atom. The molecule has 0 bridgehead atoms. The molecule has 19 heavy (non-hydrogen) atoms. The molecule has 100 valence electrons. The van der Waals surface area contributed by atoms with Gasteiger partial charge >= 0.3 is 0 Å². The molecule has 0 atom stereocenters. The second-order valence-corrected chi connectivity index (χ2v) is 5.94. The quantitative estimate of drug-likeness (QED) is 0.679. The Balaban J connectivity index is 2.38. The minimum atomic E-state index is -3.85. The van der Waals surface area contributed by atoms with Crippen LogP contribution in [0.15, 0.2) is 29.3 Å². The Morgan fingerprint density at radius 2 is 2.11 bits per heavy atom. The summed E-state index contributed by atoms with van der Waals surface area (Å²) < 4.78 is 29.9. The molecule has 0 aliphatic rings. The van der Waals surface area contributed by atoms with Gasteiger partial charge < -0.3 is 11.5 Å². The number of carbonyl (C=O) groups excluding carboxylic acids is 1. The predicted octanol–water partition coefficient (Wildman–Crippen LogP) is 0.0200. The maximum atomic E-state index is 12.0. The summed E-state index contributed by atoms with van der Waals surface area (Å²) in [5.74, 6) is -0.685. The van der Waals surface area contributed by atoms with E-state index in [9.17, 15) is 13.2 Å². The molecule has 2 rings (SSSR count). The molecule has 0 saturated carbocycles. The van der Waals surface area contributed by atoms with Crippen molar-refractivity contribution in [1.29, 1.82) is 0 Å². The molecule has 0 aliphatic carbocycles. The monoisotopic (exact) mass is 299 g/mol. The number of nitrogen functional groups attached to an aromatic ring is 1. The van der Waals surface area contributed by atoms with Crippen LogP contribution in [0, 0.1) is 0 Å². The summed E-state index contributed by atoms with van der Waals surface area (Å²) in [6.45, 7) is 0. The van der Waals surface area contributed by atoms with Crippen molar-refractivity contribution in [2.24, 2.45) is 5.73 Å². The summed E-state index contributed by atoms with van der Waals surface area (Å²) in [6.07, 6.45) is 1.27. The molecule has 8 nitrogen and oxygen atoms in total. The summed E-state index contributed by atoms with van der Waals surface area (Å²) >= 11 is 0.892. The molecule has 0 spiro atoms. The number of nitrogens with zero attached hydrogens (tertiary/aromatic N) is 2. The van der Waals surface area contributed by atoms with Crippen LogP contribution in [0.3, 0.4) is 0 Å². The zero-order chi connectivity index (χ0) is 14.0. The topological polar surface area (TPSA) is 141 Å². The number of hydrogen-bond acceptors (Lipinski definition) is 7. The largest absolute Gasteiger partial charge is 0.398 e. The molecule has 0 saturated heterocycles. The van der Waals surface area contributed by atoms with Crippen molar-refractivity contribution in [3.8, 4) is 0 Å².